The Hall–Kier alpha value is -2.07. The number of benzene rings is 2. The maximum atomic E-state index is 12.1. The molecule has 0 aliphatic heterocycles. The number of carbonyl (C=O) groups excluding carboxylic acids is 1. The van der Waals surface area contributed by atoms with Crippen molar-refractivity contribution in [2.45, 2.75) is 20.8 Å². The van der Waals surface area contributed by atoms with Crippen LogP contribution in [0.1, 0.15) is 23.6 Å². The molecule has 3 nitrogen and oxygen atoms in total. The average Bonchev–Trinajstić information content (AvgIpc) is 2.51. The van der Waals surface area contributed by atoms with Crippen LogP contribution in [0.4, 0.5) is 5.69 Å². The largest absolute Gasteiger partial charge is 0.493 e. The van der Waals surface area contributed by atoms with Gasteiger partial charge >= 0.3 is 0 Å². The lowest BCUT2D eigenvalue weighted by Gasteiger charge is -2.08. The maximum absolute atomic E-state index is 12.1. The van der Waals surface area contributed by atoms with E-state index in [1.807, 2.05) is 57.2 Å². The number of ether oxygens (including phenoxy) is 1. The second-order valence-electron chi connectivity index (χ2n) is 5.24. The normalized spacial score (nSPS) is 10.8. The van der Waals surface area contributed by atoms with Gasteiger partial charge in [0.1, 0.15) is 5.75 Å². The molecule has 0 aliphatic rings. The van der Waals surface area contributed by atoms with E-state index in [4.69, 9.17) is 4.74 Å². The van der Waals surface area contributed by atoms with Gasteiger partial charge in [-0.1, -0.05) is 22.0 Å². The summed E-state index contributed by atoms with van der Waals surface area (Å²) >= 11 is 3.43. The topological polar surface area (TPSA) is 38.3 Å². The van der Waals surface area contributed by atoms with Gasteiger partial charge in [0.2, 0.25) is 5.91 Å². The van der Waals surface area contributed by atoms with E-state index in [1.165, 1.54) is 11.6 Å². The van der Waals surface area contributed by atoms with E-state index < -0.39 is 0 Å². The van der Waals surface area contributed by atoms with Crippen molar-refractivity contribution in [3.63, 3.8) is 0 Å². The van der Waals surface area contributed by atoms with E-state index in [0.29, 0.717) is 6.61 Å². The minimum Gasteiger partial charge on any atom is -0.493 e. The molecule has 0 saturated carbocycles. The number of nitrogens with one attached hydrogen (secondary N) is 1. The zero-order valence-electron chi connectivity index (χ0n) is 13.5. The Morgan fingerprint density at radius 3 is 2.65 bits per heavy atom. The Morgan fingerprint density at radius 1 is 1.17 bits per heavy atom. The van der Waals surface area contributed by atoms with E-state index in [9.17, 15) is 4.79 Å². The van der Waals surface area contributed by atoms with Crippen molar-refractivity contribution < 1.29 is 9.53 Å². The third-order valence-corrected chi connectivity index (χ3v) is 3.95. The molecule has 1 amide bonds. The molecular formula is C19H20BrNO2. The molecule has 0 atom stereocenters. The minimum absolute atomic E-state index is 0.171. The van der Waals surface area contributed by atoms with Crippen LogP contribution in [0, 0.1) is 13.8 Å². The van der Waals surface area contributed by atoms with Crippen LogP contribution in [0.3, 0.4) is 0 Å². The number of carbonyl (C=O) groups is 1. The van der Waals surface area contributed by atoms with Crippen LogP contribution in [0.15, 0.2) is 46.9 Å². The average molecular weight is 374 g/mol. The van der Waals surface area contributed by atoms with Gasteiger partial charge in [0.15, 0.2) is 0 Å². The van der Waals surface area contributed by atoms with Crippen LogP contribution >= 0.6 is 15.9 Å². The summed E-state index contributed by atoms with van der Waals surface area (Å²) in [5.41, 5.74) is 4.00. The Kier molecular flexibility index (Phi) is 5.99. The zero-order chi connectivity index (χ0) is 16.8. The Bertz CT molecular complexity index is 738. The summed E-state index contributed by atoms with van der Waals surface area (Å²) in [7, 11) is 0. The van der Waals surface area contributed by atoms with Crippen LogP contribution in [0.2, 0.25) is 0 Å². The fraction of sp³-hybridized carbons (Fsp3) is 0.211. The molecular weight excluding hydrogens is 354 g/mol. The second kappa shape index (κ2) is 7.97. The smallest absolute Gasteiger partial charge is 0.248 e. The fourth-order valence-corrected chi connectivity index (χ4v) is 2.48. The van der Waals surface area contributed by atoms with Crippen LogP contribution < -0.4 is 10.1 Å². The first-order valence-corrected chi connectivity index (χ1v) is 8.27. The van der Waals surface area contributed by atoms with Gasteiger partial charge in [-0.05, 0) is 68.3 Å². The molecule has 0 unspecified atom stereocenters. The molecule has 0 spiro atoms. The lowest BCUT2D eigenvalue weighted by atomic mass is 10.1. The van der Waals surface area contributed by atoms with Crippen molar-refractivity contribution in [1.29, 1.82) is 0 Å². The summed E-state index contributed by atoms with van der Waals surface area (Å²) in [6.45, 7) is 6.58. The first-order chi connectivity index (χ1) is 11.0. The molecule has 4 heteroatoms. The first kappa shape index (κ1) is 17.3. The van der Waals surface area contributed by atoms with E-state index in [0.717, 1.165) is 27.0 Å². The molecule has 0 radical (unpaired) electrons. The van der Waals surface area contributed by atoms with Gasteiger partial charge in [-0.15, -0.1) is 0 Å². The predicted molar refractivity (Wildman–Crippen MR) is 98.9 cm³/mol. The Labute approximate surface area is 145 Å². The number of amides is 1. The molecule has 120 valence electrons. The number of rotatable bonds is 5. The van der Waals surface area contributed by atoms with Crippen LogP contribution in [0.5, 0.6) is 5.75 Å². The summed E-state index contributed by atoms with van der Waals surface area (Å²) in [5.74, 6) is 0.585. The summed E-state index contributed by atoms with van der Waals surface area (Å²) < 4.78 is 6.51. The number of hydrogen-bond acceptors (Lipinski definition) is 2. The fourth-order valence-electron chi connectivity index (χ4n) is 2.11. The second-order valence-corrected chi connectivity index (χ2v) is 6.15. The minimum atomic E-state index is -0.171. The van der Waals surface area contributed by atoms with Gasteiger partial charge < -0.3 is 10.1 Å². The molecule has 2 rings (SSSR count). The third-order valence-electron chi connectivity index (χ3n) is 3.46. The number of halogens is 1. The van der Waals surface area contributed by atoms with Crippen molar-refractivity contribution in [2.24, 2.45) is 0 Å². The van der Waals surface area contributed by atoms with Crippen LogP contribution in [0.25, 0.3) is 6.08 Å². The number of aryl methyl sites for hydroxylation is 2. The molecule has 0 heterocycles. The number of anilines is 1. The number of hydrogen-bond donors (Lipinski definition) is 1. The Balaban J connectivity index is 2.11. The highest BCUT2D eigenvalue weighted by molar-refractivity contribution is 9.10. The summed E-state index contributed by atoms with van der Waals surface area (Å²) in [5, 5.41) is 2.87. The summed E-state index contributed by atoms with van der Waals surface area (Å²) in [6.07, 6.45) is 3.27. The molecule has 0 aromatic heterocycles. The highest BCUT2D eigenvalue weighted by atomic mass is 79.9. The van der Waals surface area contributed by atoms with Crippen LogP contribution in [-0.2, 0) is 4.79 Å². The van der Waals surface area contributed by atoms with Gasteiger partial charge in [-0.25, -0.2) is 0 Å². The molecule has 0 saturated heterocycles. The third kappa shape index (κ3) is 4.96. The van der Waals surface area contributed by atoms with E-state index >= 15 is 0 Å². The Morgan fingerprint density at radius 2 is 1.96 bits per heavy atom. The van der Waals surface area contributed by atoms with E-state index in [-0.39, 0.29) is 5.91 Å². The SMILES string of the molecule is CCOc1ccc(Br)cc1C=CC(=O)Nc1ccc(C)c(C)c1. The van der Waals surface area contributed by atoms with Crippen molar-refractivity contribution in [2.75, 3.05) is 11.9 Å². The predicted octanol–water partition coefficient (Wildman–Crippen LogP) is 5.12. The van der Waals surface area contributed by atoms with Crippen molar-refractivity contribution in [1.82, 2.24) is 0 Å². The van der Waals surface area contributed by atoms with Gasteiger partial charge in [0, 0.05) is 21.8 Å². The first-order valence-electron chi connectivity index (χ1n) is 7.48. The molecule has 2 aromatic rings. The quantitative estimate of drug-likeness (QED) is 0.738. The van der Waals surface area contributed by atoms with Crippen molar-refractivity contribution >= 4 is 33.6 Å². The highest BCUT2D eigenvalue weighted by Crippen LogP contribution is 2.24. The van der Waals surface area contributed by atoms with E-state index in [1.54, 1.807) is 6.08 Å². The molecule has 0 bridgehead atoms. The summed E-state index contributed by atoms with van der Waals surface area (Å²) in [6, 6.07) is 11.6. The van der Waals surface area contributed by atoms with Crippen molar-refractivity contribution in [3.05, 3.63) is 63.6 Å². The molecule has 0 aliphatic carbocycles. The highest BCUT2D eigenvalue weighted by Gasteiger charge is 2.03. The van der Waals surface area contributed by atoms with Crippen molar-refractivity contribution in [3.8, 4) is 5.75 Å². The maximum Gasteiger partial charge on any atom is 0.248 e. The van der Waals surface area contributed by atoms with Gasteiger partial charge in [0.05, 0.1) is 6.61 Å². The zero-order valence-corrected chi connectivity index (χ0v) is 15.1. The standard InChI is InChI=1S/C19H20BrNO2/c1-4-23-18-9-7-16(20)12-15(18)6-10-19(22)21-17-8-5-13(2)14(3)11-17/h5-12H,4H2,1-3H3,(H,21,22). The molecule has 2 aromatic carbocycles. The molecule has 23 heavy (non-hydrogen) atoms. The van der Waals surface area contributed by atoms with Gasteiger partial charge in [0.25, 0.3) is 0 Å². The van der Waals surface area contributed by atoms with Gasteiger partial charge in [-0.3, -0.25) is 4.79 Å². The molecule has 0 fully saturated rings. The van der Waals surface area contributed by atoms with Crippen LogP contribution in [-0.4, -0.2) is 12.5 Å². The monoisotopic (exact) mass is 373 g/mol. The van der Waals surface area contributed by atoms with Gasteiger partial charge in [-0.2, -0.15) is 0 Å². The lowest BCUT2D eigenvalue weighted by molar-refractivity contribution is -0.111. The molecule has 1 N–H and O–H groups in total. The lowest BCUT2D eigenvalue weighted by Crippen LogP contribution is -2.08. The summed E-state index contributed by atoms with van der Waals surface area (Å²) in [4.78, 5) is 12.1. The van der Waals surface area contributed by atoms with E-state index in [2.05, 4.69) is 21.2 Å².